The number of nitrogen functional groups attached to an aromatic ring is 1. The summed E-state index contributed by atoms with van der Waals surface area (Å²) in [6, 6.07) is 1.93. The SMILES string of the molecule is CC(Sc1cnc(N)s1)c1ccncc1Cl. The average Bonchev–Trinajstić information content (AvgIpc) is 2.64. The van der Waals surface area contributed by atoms with Gasteiger partial charge in [-0.15, -0.1) is 11.8 Å². The molecule has 2 heterocycles. The van der Waals surface area contributed by atoms with Crippen LogP contribution in [0.1, 0.15) is 17.7 Å². The van der Waals surface area contributed by atoms with E-state index < -0.39 is 0 Å². The zero-order valence-corrected chi connectivity index (χ0v) is 10.9. The zero-order valence-electron chi connectivity index (χ0n) is 8.55. The van der Waals surface area contributed by atoms with Crippen molar-refractivity contribution in [1.29, 1.82) is 0 Å². The van der Waals surface area contributed by atoms with Gasteiger partial charge in [0.15, 0.2) is 5.13 Å². The Morgan fingerprint density at radius 1 is 1.50 bits per heavy atom. The van der Waals surface area contributed by atoms with E-state index in [0.29, 0.717) is 10.2 Å². The molecule has 0 bridgehead atoms. The van der Waals surface area contributed by atoms with E-state index in [1.807, 2.05) is 6.07 Å². The lowest BCUT2D eigenvalue weighted by atomic mass is 10.2. The number of hydrogen-bond acceptors (Lipinski definition) is 5. The van der Waals surface area contributed by atoms with Crippen LogP contribution in [-0.2, 0) is 0 Å². The van der Waals surface area contributed by atoms with E-state index in [9.17, 15) is 0 Å². The van der Waals surface area contributed by atoms with E-state index in [-0.39, 0.29) is 5.25 Å². The van der Waals surface area contributed by atoms with Crippen LogP contribution in [0.5, 0.6) is 0 Å². The van der Waals surface area contributed by atoms with E-state index in [2.05, 4.69) is 16.9 Å². The number of thiazole rings is 1. The first-order valence-electron chi connectivity index (χ1n) is 4.64. The minimum atomic E-state index is 0.260. The first-order valence-corrected chi connectivity index (χ1v) is 6.71. The van der Waals surface area contributed by atoms with E-state index in [4.69, 9.17) is 17.3 Å². The standard InChI is InChI=1S/C10H10ClN3S2/c1-6(7-2-3-13-4-8(7)11)15-9-5-14-10(12)16-9/h2-6H,1H3,(H2,12,14). The molecule has 2 aromatic heterocycles. The number of aromatic nitrogens is 2. The summed E-state index contributed by atoms with van der Waals surface area (Å²) in [5, 5.41) is 1.55. The third kappa shape index (κ3) is 2.66. The van der Waals surface area contributed by atoms with Crippen molar-refractivity contribution in [2.24, 2.45) is 0 Å². The number of rotatable bonds is 3. The number of pyridine rings is 1. The van der Waals surface area contributed by atoms with Crippen molar-refractivity contribution in [3.8, 4) is 0 Å². The fraction of sp³-hybridized carbons (Fsp3) is 0.200. The van der Waals surface area contributed by atoms with Crippen molar-refractivity contribution < 1.29 is 0 Å². The number of halogens is 1. The van der Waals surface area contributed by atoms with Gasteiger partial charge in [-0.3, -0.25) is 4.98 Å². The summed E-state index contributed by atoms with van der Waals surface area (Å²) in [5.74, 6) is 0. The van der Waals surface area contributed by atoms with Crippen molar-refractivity contribution >= 4 is 39.8 Å². The van der Waals surface area contributed by atoms with Gasteiger partial charge in [-0.2, -0.15) is 0 Å². The average molecular weight is 272 g/mol. The molecule has 0 saturated carbocycles. The lowest BCUT2D eigenvalue weighted by Crippen LogP contribution is -1.89. The molecule has 1 unspecified atom stereocenters. The second kappa shape index (κ2) is 5.03. The van der Waals surface area contributed by atoms with Crippen LogP contribution in [-0.4, -0.2) is 9.97 Å². The van der Waals surface area contributed by atoms with Gasteiger partial charge >= 0.3 is 0 Å². The molecule has 0 aliphatic heterocycles. The quantitative estimate of drug-likeness (QED) is 0.866. The lowest BCUT2D eigenvalue weighted by molar-refractivity contribution is 1.08. The molecule has 0 fully saturated rings. The summed E-state index contributed by atoms with van der Waals surface area (Å²) in [4.78, 5) is 7.98. The maximum Gasteiger partial charge on any atom is 0.181 e. The van der Waals surface area contributed by atoms with Gasteiger partial charge in [0.2, 0.25) is 0 Å². The second-order valence-electron chi connectivity index (χ2n) is 3.17. The highest BCUT2D eigenvalue weighted by Gasteiger charge is 2.12. The Balaban J connectivity index is 2.14. The van der Waals surface area contributed by atoms with Gasteiger partial charge in [0.05, 0.1) is 15.4 Å². The van der Waals surface area contributed by atoms with Crippen LogP contribution in [0, 0.1) is 0 Å². The van der Waals surface area contributed by atoms with Crippen LogP contribution in [0.25, 0.3) is 0 Å². The van der Waals surface area contributed by atoms with Crippen LogP contribution in [0.3, 0.4) is 0 Å². The van der Waals surface area contributed by atoms with Gasteiger partial charge in [-0.05, 0) is 18.6 Å². The normalized spacial score (nSPS) is 12.6. The topological polar surface area (TPSA) is 51.8 Å². The lowest BCUT2D eigenvalue weighted by Gasteiger charge is -2.10. The molecule has 2 rings (SSSR count). The Morgan fingerprint density at radius 2 is 2.31 bits per heavy atom. The van der Waals surface area contributed by atoms with Crippen molar-refractivity contribution in [1.82, 2.24) is 9.97 Å². The Morgan fingerprint density at radius 3 is 2.94 bits per heavy atom. The molecule has 0 amide bonds. The molecule has 0 aliphatic rings. The third-order valence-corrected chi connectivity index (χ3v) is 4.46. The highest BCUT2D eigenvalue weighted by molar-refractivity contribution is 8.01. The van der Waals surface area contributed by atoms with Gasteiger partial charge < -0.3 is 5.73 Å². The number of thioether (sulfide) groups is 1. The summed E-state index contributed by atoms with van der Waals surface area (Å²) < 4.78 is 1.10. The molecule has 2 aromatic rings. The predicted octanol–water partition coefficient (Wildman–Crippen LogP) is 3.63. The summed E-state index contributed by atoms with van der Waals surface area (Å²) in [7, 11) is 0. The minimum Gasteiger partial charge on any atom is -0.375 e. The Kier molecular flexibility index (Phi) is 3.68. The van der Waals surface area contributed by atoms with E-state index in [0.717, 1.165) is 9.77 Å². The van der Waals surface area contributed by atoms with Crippen molar-refractivity contribution in [2.75, 3.05) is 5.73 Å². The number of nitrogens with two attached hydrogens (primary N) is 1. The molecule has 0 aromatic carbocycles. The van der Waals surface area contributed by atoms with E-state index in [1.165, 1.54) is 11.3 Å². The van der Waals surface area contributed by atoms with Crippen molar-refractivity contribution in [3.05, 3.63) is 35.2 Å². The number of anilines is 1. The molecule has 0 radical (unpaired) electrons. The monoisotopic (exact) mass is 271 g/mol. The molecule has 0 saturated heterocycles. The molecule has 6 heteroatoms. The van der Waals surface area contributed by atoms with Crippen molar-refractivity contribution in [2.45, 2.75) is 16.4 Å². The molecule has 0 aliphatic carbocycles. The summed E-state index contributed by atoms with van der Waals surface area (Å²) >= 11 is 9.26. The zero-order chi connectivity index (χ0) is 11.5. The number of nitrogens with zero attached hydrogens (tertiary/aromatic N) is 2. The number of hydrogen-bond donors (Lipinski definition) is 1. The summed E-state index contributed by atoms with van der Waals surface area (Å²) in [6.45, 7) is 2.10. The predicted molar refractivity (Wildman–Crippen MR) is 70.0 cm³/mol. The van der Waals surface area contributed by atoms with Gasteiger partial charge in [-0.25, -0.2) is 4.98 Å². The largest absolute Gasteiger partial charge is 0.375 e. The Bertz CT molecular complexity index is 486. The first-order chi connectivity index (χ1) is 7.66. The smallest absolute Gasteiger partial charge is 0.181 e. The van der Waals surface area contributed by atoms with Crippen LogP contribution in [0.4, 0.5) is 5.13 Å². The van der Waals surface area contributed by atoms with Crippen LogP contribution in [0.2, 0.25) is 5.02 Å². The molecule has 2 N–H and O–H groups in total. The van der Waals surface area contributed by atoms with Gasteiger partial charge in [0, 0.05) is 17.6 Å². The maximum absolute atomic E-state index is 6.08. The third-order valence-electron chi connectivity index (χ3n) is 2.04. The fourth-order valence-corrected chi connectivity index (χ4v) is 3.72. The fourth-order valence-electron chi connectivity index (χ4n) is 1.28. The van der Waals surface area contributed by atoms with Crippen LogP contribution in [0.15, 0.2) is 28.9 Å². The summed E-state index contributed by atoms with van der Waals surface area (Å²) in [5.41, 5.74) is 6.66. The molecule has 16 heavy (non-hydrogen) atoms. The molecule has 3 nitrogen and oxygen atoms in total. The highest BCUT2D eigenvalue weighted by atomic mass is 35.5. The Labute approximate surface area is 107 Å². The van der Waals surface area contributed by atoms with Gasteiger partial charge in [-0.1, -0.05) is 22.9 Å². The van der Waals surface area contributed by atoms with Crippen molar-refractivity contribution in [3.63, 3.8) is 0 Å². The van der Waals surface area contributed by atoms with Crippen LogP contribution < -0.4 is 5.73 Å². The molecule has 1 atom stereocenters. The van der Waals surface area contributed by atoms with E-state index in [1.54, 1.807) is 30.4 Å². The molecular formula is C10H10ClN3S2. The van der Waals surface area contributed by atoms with Crippen LogP contribution >= 0.6 is 34.7 Å². The molecular weight excluding hydrogens is 262 g/mol. The first kappa shape index (κ1) is 11.7. The Hall–Kier alpha value is -0.780. The highest BCUT2D eigenvalue weighted by Crippen LogP contribution is 2.40. The van der Waals surface area contributed by atoms with Gasteiger partial charge in [0.25, 0.3) is 0 Å². The molecule has 0 spiro atoms. The van der Waals surface area contributed by atoms with Gasteiger partial charge in [0.1, 0.15) is 0 Å². The maximum atomic E-state index is 6.08. The van der Waals surface area contributed by atoms with E-state index >= 15 is 0 Å². The summed E-state index contributed by atoms with van der Waals surface area (Å²) in [6.07, 6.45) is 5.20. The molecule has 84 valence electrons. The minimum absolute atomic E-state index is 0.260. The second-order valence-corrected chi connectivity index (χ2v) is 6.29.